The molecule has 0 spiro atoms. The Morgan fingerprint density at radius 3 is 3.04 bits per heavy atom. The Morgan fingerprint density at radius 1 is 1.32 bits per heavy atom. The molecule has 0 aliphatic carbocycles. The number of hydrogen-bond acceptors (Lipinski definition) is 6. The molecule has 1 unspecified atom stereocenters. The van der Waals surface area contributed by atoms with Crippen molar-refractivity contribution in [1.82, 2.24) is 14.9 Å². The summed E-state index contributed by atoms with van der Waals surface area (Å²) < 4.78 is 12.7. The van der Waals surface area contributed by atoms with E-state index in [4.69, 9.17) is 9.47 Å². The first-order valence-corrected chi connectivity index (χ1v) is 8.66. The van der Waals surface area contributed by atoms with Crippen molar-refractivity contribution < 1.29 is 14.3 Å². The maximum absolute atomic E-state index is 12.3. The third-order valence-electron chi connectivity index (χ3n) is 3.86. The van der Waals surface area contributed by atoms with E-state index in [0.29, 0.717) is 34.9 Å². The van der Waals surface area contributed by atoms with Gasteiger partial charge in [0, 0.05) is 0 Å². The van der Waals surface area contributed by atoms with Gasteiger partial charge >= 0.3 is 0 Å². The Labute approximate surface area is 146 Å². The van der Waals surface area contributed by atoms with E-state index in [-0.39, 0.29) is 24.1 Å². The minimum Gasteiger partial charge on any atom is -0.486 e. The molecule has 8 heteroatoms. The minimum atomic E-state index is -0.277. The van der Waals surface area contributed by atoms with Crippen molar-refractivity contribution in [1.29, 1.82) is 0 Å². The second-order valence-corrected chi connectivity index (χ2v) is 6.51. The SMILES string of the molecule is O=C(Cn1cnc2sccc2c1=O)NCC1COc2ccccc2O1. The molecule has 1 aliphatic heterocycles. The highest BCUT2D eigenvalue weighted by Gasteiger charge is 2.21. The molecule has 0 bridgehead atoms. The summed E-state index contributed by atoms with van der Waals surface area (Å²) in [5.74, 6) is 1.09. The van der Waals surface area contributed by atoms with Gasteiger partial charge in [-0.15, -0.1) is 11.3 Å². The molecule has 0 saturated carbocycles. The average Bonchev–Trinajstić information content (AvgIpc) is 3.12. The van der Waals surface area contributed by atoms with Gasteiger partial charge in [0.2, 0.25) is 5.91 Å². The smallest absolute Gasteiger partial charge is 0.262 e. The number of rotatable bonds is 4. The summed E-state index contributed by atoms with van der Waals surface area (Å²) in [7, 11) is 0. The predicted octanol–water partition coefficient (Wildman–Crippen LogP) is 1.41. The van der Waals surface area contributed by atoms with Gasteiger partial charge in [-0.1, -0.05) is 12.1 Å². The molecule has 1 amide bonds. The lowest BCUT2D eigenvalue weighted by Gasteiger charge is -2.26. The van der Waals surface area contributed by atoms with Crippen LogP contribution in [-0.4, -0.2) is 34.7 Å². The molecule has 0 saturated heterocycles. The van der Waals surface area contributed by atoms with Crippen LogP contribution in [-0.2, 0) is 11.3 Å². The van der Waals surface area contributed by atoms with Gasteiger partial charge in [-0.25, -0.2) is 4.98 Å². The van der Waals surface area contributed by atoms with E-state index in [2.05, 4.69) is 10.3 Å². The average molecular weight is 357 g/mol. The molecule has 4 rings (SSSR count). The van der Waals surface area contributed by atoms with E-state index < -0.39 is 0 Å². The summed E-state index contributed by atoms with van der Waals surface area (Å²) in [4.78, 5) is 29.3. The van der Waals surface area contributed by atoms with Crippen LogP contribution in [0.25, 0.3) is 10.2 Å². The van der Waals surface area contributed by atoms with Crippen LogP contribution in [0.2, 0.25) is 0 Å². The van der Waals surface area contributed by atoms with E-state index >= 15 is 0 Å². The number of fused-ring (bicyclic) bond motifs is 2. The Hall–Kier alpha value is -2.87. The lowest BCUT2D eigenvalue weighted by atomic mass is 10.2. The molecule has 0 radical (unpaired) electrons. The van der Waals surface area contributed by atoms with Gasteiger partial charge in [-0.2, -0.15) is 0 Å². The summed E-state index contributed by atoms with van der Waals surface area (Å²) in [6.07, 6.45) is 1.13. The number of hydrogen-bond donors (Lipinski definition) is 1. The van der Waals surface area contributed by atoms with Gasteiger partial charge in [0.1, 0.15) is 24.1 Å². The first kappa shape index (κ1) is 15.6. The van der Waals surface area contributed by atoms with Crippen LogP contribution in [0.5, 0.6) is 11.5 Å². The zero-order valence-corrected chi connectivity index (χ0v) is 14.0. The van der Waals surface area contributed by atoms with Crippen molar-refractivity contribution in [3.05, 3.63) is 52.4 Å². The lowest BCUT2D eigenvalue weighted by molar-refractivity contribution is -0.122. The maximum atomic E-state index is 12.3. The van der Waals surface area contributed by atoms with Gasteiger partial charge in [0.25, 0.3) is 5.56 Å². The van der Waals surface area contributed by atoms with E-state index in [1.807, 2.05) is 29.6 Å². The predicted molar refractivity (Wildman–Crippen MR) is 93.2 cm³/mol. The fourth-order valence-corrected chi connectivity index (χ4v) is 3.33. The normalized spacial score (nSPS) is 15.9. The molecule has 1 N–H and O–H groups in total. The molecule has 0 fully saturated rings. The number of nitrogens with one attached hydrogen (secondary N) is 1. The van der Waals surface area contributed by atoms with Gasteiger partial charge in [0.05, 0.1) is 18.3 Å². The molecule has 128 valence electrons. The minimum absolute atomic E-state index is 0.0816. The Balaban J connectivity index is 1.36. The number of para-hydroxylation sites is 2. The molecule has 25 heavy (non-hydrogen) atoms. The summed E-state index contributed by atoms with van der Waals surface area (Å²) >= 11 is 1.40. The van der Waals surface area contributed by atoms with E-state index in [9.17, 15) is 9.59 Å². The van der Waals surface area contributed by atoms with Gasteiger partial charge in [-0.05, 0) is 23.6 Å². The summed E-state index contributed by atoms with van der Waals surface area (Å²) in [6.45, 7) is 0.581. The van der Waals surface area contributed by atoms with Crippen LogP contribution in [0.4, 0.5) is 0 Å². The number of thiophene rings is 1. The first-order chi connectivity index (χ1) is 12.2. The van der Waals surface area contributed by atoms with E-state index in [1.165, 1.54) is 22.2 Å². The molecule has 1 aliphatic rings. The molecule has 2 aromatic heterocycles. The highest BCUT2D eigenvalue weighted by Crippen LogP contribution is 2.30. The van der Waals surface area contributed by atoms with E-state index in [0.717, 1.165) is 0 Å². The van der Waals surface area contributed by atoms with Gasteiger partial charge in [0.15, 0.2) is 11.5 Å². The summed E-state index contributed by atoms with van der Waals surface area (Å²) in [6, 6.07) is 9.12. The summed E-state index contributed by atoms with van der Waals surface area (Å²) in [5.41, 5.74) is -0.215. The molecule has 3 heterocycles. The number of nitrogens with zero attached hydrogens (tertiary/aromatic N) is 2. The van der Waals surface area contributed by atoms with Crippen molar-refractivity contribution in [2.75, 3.05) is 13.2 Å². The van der Waals surface area contributed by atoms with Gasteiger partial charge < -0.3 is 14.8 Å². The summed E-state index contributed by atoms with van der Waals surface area (Å²) in [5, 5.41) is 5.11. The Morgan fingerprint density at radius 2 is 2.16 bits per heavy atom. The third kappa shape index (κ3) is 3.20. The third-order valence-corrected chi connectivity index (χ3v) is 4.68. The second kappa shape index (κ2) is 6.56. The number of amides is 1. The van der Waals surface area contributed by atoms with Crippen LogP contribution >= 0.6 is 11.3 Å². The fourth-order valence-electron chi connectivity index (χ4n) is 2.61. The zero-order valence-electron chi connectivity index (χ0n) is 13.2. The first-order valence-electron chi connectivity index (χ1n) is 7.78. The van der Waals surface area contributed by atoms with Crippen LogP contribution in [0.3, 0.4) is 0 Å². The molecule has 3 aromatic rings. The van der Waals surface area contributed by atoms with Crippen molar-refractivity contribution >= 4 is 27.5 Å². The Kier molecular flexibility index (Phi) is 4.10. The molecule has 1 aromatic carbocycles. The Bertz CT molecular complexity index is 981. The fraction of sp³-hybridized carbons (Fsp3) is 0.235. The van der Waals surface area contributed by atoms with Crippen LogP contribution in [0.1, 0.15) is 0 Å². The molecular formula is C17H15N3O4S. The van der Waals surface area contributed by atoms with Crippen molar-refractivity contribution in [3.63, 3.8) is 0 Å². The second-order valence-electron chi connectivity index (χ2n) is 5.62. The zero-order chi connectivity index (χ0) is 17.2. The number of benzene rings is 1. The number of carbonyl (C=O) groups is 1. The lowest BCUT2D eigenvalue weighted by Crippen LogP contribution is -2.42. The number of ether oxygens (including phenoxy) is 2. The van der Waals surface area contributed by atoms with Crippen molar-refractivity contribution in [2.24, 2.45) is 0 Å². The number of aromatic nitrogens is 2. The molecular weight excluding hydrogens is 342 g/mol. The standard InChI is InChI=1S/C17H15N3O4S/c21-15(8-20-10-19-16-12(17(20)22)5-6-25-16)18-7-11-9-23-13-3-1-2-4-14(13)24-11/h1-6,10-11H,7-9H2,(H,18,21). The highest BCUT2D eigenvalue weighted by atomic mass is 32.1. The topological polar surface area (TPSA) is 82.5 Å². The molecule has 7 nitrogen and oxygen atoms in total. The monoisotopic (exact) mass is 357 g/mol. The van der Waals surface area contributed by atoms with Gasteiger partial charge in [-0.3, -0.25) is 14.2 Å². The van der Waals surface area contributed by atoms with Crippen molar-refractivity contribution in [2.45, 2.75) is 12.6 Å². The van der Waals surface area contributed by atoms with Crippen LogP contribution in [0.15, 0.2) is 46.8 Å². The van der Waals surface area contributed by atoms with Crippen LogP contribution in [0, 0.1) is 0 Å². The van der Waals surface area contributed by atoms with E-state index in [1.54, 1.807) is 6.07 Å². The largest absolute Gasteiger partial charge is 0.486 e. The highest BCUT2D eigenvalue weighted by molar-refractivity contribution is 7.16. The number of carbonyl (C=O) groups excluding carboxylic acids is 1. The van der Waals surface area contributed by atoms with Crippen molar-refractivity contribution in [3.8, 4) is 11.5 Å². The quantitative estimate of drug-likeness (QED) is 0.763. The molecule has 1 atom stereocenters. The van der Waals surface area contributed by atoms with Crippen LogP contribution < -0.4 is 20.3 Å². The maximum Gasteiger partial charge on any atom is 0.262 e.